The second-order valence-corrected chi connectivity index (χ2v) is 3.59. The molecule has 0 radical (unpaired) electrons. The Morgan fingerprint density at radius 1 is 1.27 bits per heavy atom. The van der Waals surface area contributed by atoms with Crippen LogP contribution in [0.1, 0.15) is 20.3 Å². The molecule has 0 aromatic carbocycles. The van der Waals surface area contributed by atoms with E-state index in [-0.39, 0.29) is 13.2 Å². The van der Waals surface area contributed by atoms with Crippen molar-refractivity contribution in [2.75, 3.05) is 13.2 Å². The summed E-state index contributed by atoms with van der Waals surface area (Å²) in [6.45, 7) is 3.17. The SMILES string of the molecule is CC(C)C[C@H](N)C(=O)O.OCC(O)CO. The number of aliphatic hydroxyl groups excluding tert-OH is 3. The lowest BCUT2D eigenvalue weighted by Gasteiger charge is -2.07. The normalized spacial score (nSPS) is 12.3. The Bertz CT molecular complexity index is 159. The van der Waals surface area contributed by atoms with Gasteiger partial charge in [-0.25, -0.2) is 0 Å². The van der Waals surface area contributed by atoms with Crippen LogP contribution < -0.4 is 5.73 Å². The van der Waals surface area contributed by atoms with Gasteiger partial charge in [-0.1, -0.05) is 13.8 Å². The second kappa shape index (κ2) is 9.85. The molecule has 0 saturated heterocycles. The molecule has 6 nitrogen and oxygen atoms in total. The number of carbonyl (C=O) groups is 1. The largest absolute Gasteiger partial charge is 0.480 e. The fourth-order valence-corrected chi connectivity index (χ4v) is 0.666. The summed E-state index contributed by atoms with van der Waals surface area (Å²) < 4.78 is 0. The third kappa shape index (κ3) is 13.3. The fraction of sp³-hybridized carbons (Fsp3) is 0.889. The van der Waals surface area contributed by atoms with E-state index in [4.69, 9.17) is 26.2 Å². The Morgan fingerprint density at radius 2 is 1.67 bits per heavy atom. The van der Waals surface area contributed by atoms with Crippen molar-refractivity contribution >= 4 is 5.97 Å². The maximum absolute atomic E-state index is 10.1. The second-order valence-electron chi connectivity index (χ2n) is 3.59. The molecule has 15 heavy (non-hydrogen) atoms. The van der Waals surface area contributed by atoms with E-state index in [0.29, 0.717) is 12.3 Å². The summed E-state index contributed by atoms with van der Waals surface area (Å²) in [5, 5.41) is 32.3. The minimum absolute atomic E-state index is 0.357. The Kier molecular flexibility index (Phi) is 11.0. The molecular weight excluding hydrogens is 202 g/mol. The van der Waals surface area contributed by atoms with Gasteiger partial charge in [-0.05, 0) is 12.3 Å². The topological polar surface area (TPSA) is 124 Å². The molecule has 0 rings (SSSR count). The summed E-state index contributed by atoms with van der Waals surface area (Å²) in [5.74, 6) is -0.556. The number of aliphatic carboxylic acids is 1. The van der Waals surface area contributed by atoms with Crippen molar-refractivity contribution in [3.8, 4) is 0 Å². The fourth-order valence-electron chi connectivity index (χ4n) is 0.666. The molecule has 0 aliphatic carbocycles. The highest BCUT2D eigenvalue weighted by Gasteiger charge is 2.11. The minimum Gasteiger partial charge on any atom is -0.480 e. The molecular formula is C9H21NO5. The molecule has 0 aliphatic heterocycles. The summed E-state index contributed by atoms with van der Waals surface area (Å²) in [5.41, 5.74) is 5.22. The molecule has 0 fully saturated rings. The Labute approximate surface area is 89.3 Å². The molecule has 0 unspecified atom stereocenters. The molecule has 0 aliphatic rings. The molecule has 0 saturated carbocycles. The number of carboxylic acids is 1. The molecule has 6 N–H and O–H groups in total. The van der Waals surface area contributed by atoms with Crippen molar-refractivity contribution in [1.82, 2.24) is 0 Å². The van der Waals surface area contributed by atoms with Gasteiger partial charge in [0.1, 0.15) is 12.1 Å². The molecule has 0 heterocycles. The first-order chi connectivity index (χ1) is 6.84. The lowest BCUT2D eigenvalue weighted by atomic mass is 10.1. The number of hydrogen-bond acceptors (Lipinski definition) is 5. The monoisotopic (exact) mass is 223 g/mol. The van der Waals surface area contributed by atoms with Crippen molar-refractivity contribution < 1.29 is 25.2 Å². The molecule has 0 aromatic rings. The predicted octanol–water partition coefficient (Wildman–Crippen LogP) is -1.22. The van der Waals surface area contributed by atoms with Crippen LogP contribution in [0.5, 0.6) is 0 Å². The van der Waals surface area contributed by atoms with Gasteiger partial charge in [0.05, 0.1) is 13.2 Å². The molecule has 0 amide bonds. The van der Waals surface area contributed by atoms with Crippen molar-refractivity contribution in [3.05, 3.63) is 0 Å². The van der Waals surface area contributed by atoms with Crippen molar-refractivity contribution in [2.24, 2.45) is 11.7 Å². The van der Waals surface area contributed by atoms with Gasteiger partial charge in [0.25, 0.3) is 0 Å². The van der Waals surface area contributed by atoms with Crippen LogP contribution in [0.2, 0.25) is 0 Å². The number of rotatable bonds is 5. The Morgan fingerprint density at radius 3 is 1.73 bits per heavy atom. The van der Waals surface area contributed by atoms with E-state index in [2.05, 4.69) is 0 Å². The number of aliphatic hydroxyl groups is 3. The van der Waals surface area contributed by atoms with Crippen LogP contribution in [0.4, 0.5) is 0 Å². The van der Waals surface area contributed by atoms with Gasteiger partial charge in [0, 0.05) is 0 Å². The van der Waals surface area contributed by atoms with Crippen LogP contribution in [0.15, 0.2) is 0 Å². The first kappa shape index (κ1) is 16.7. The van der Waals surface area contributed by atoms with E-state index < -0.39 is 18.1 Å². The molecule has 0 aromatic heterocycles. The highest BCUT2D eigenvalue weighted by Crippen LogP contribution is 2.01. The molecule has 1 atom stereocenters. The Balaban J connectivity index is 0. The van der Waals surface area contributed by atoms with Gasteiger partial charge in [-0.3, -0.25) is 4.79 Å². The zero-order chi connectivity index (χ0) is 12.4. The van der Waals surface area contributed by atoms with E-state index in [1.807, 2.05) is 13.8 Å². The maximum Gasteiger partial charge on any atom is 0.320 e. The van der Waals surface area contributed by atoms with Crippen LogP contribution in [0, 0.1) is 5.92 Å². The lowest BCUT2D eigenvalue weighted by molar-refractivity contribution is -0.138. The van der Waals surface area contributed by atoms with Crippen LogP contribution in [0.25, 0.3) is 0 Å². The predicted molar refractivity (Wildman–Crippen MR) is 55.2 cm³/mol. The minimum atomic E-state index is -0.954. The van der Waals surface area contributed by atoms with Gasteiger partial charge in [0.2, 0.25) is 0 Å². The van der Waals surface area contributed by atoms with E-state index in [1.165, 1.54) is 0 Å². The quantitative estimate of drug-likeness (QED) is 0.398. The molecule has 0 bridgehead atoms. The molecule has 6 heteroatoms. The first-order valence-electron chi connectivity index (χ1n) is 4.73. The van der Waals surface area contributed by atoms with Crippen molar-refractivity contribution in [3.63, 3.8) is 0 Å². The number of nitrogens with two attached hydrogens (primary N) is 1. The zero-order valence-electron chi connectivity index (χ0n) is 9.13. The van der Waals surface area contributed by atoms with E-state index in [0.717, 1.165) is 0 Å². The van der Waals surface area contributed by atoms with Crippen LogP contribution in [-0.2, 0) is 4.79 Å². The van der Waals surface area contributed by atoms with Crippen molar-refractivity contribution in [1.29, 1.82) is 0 Å². The Hall–Kier alpha value is -0.690. The average Bonchev–Trinajstić information content (AvgIpc) is 2.16. The van der Waals surface area contributed by atoms with Gasteiger partial charge >= 0.3 is 5.97 Å². The first-order valence-corrected chi connectivity index (χ1v) is 4.73. The average molecular weight is 223 g/mol. The third-order valence-electron chi connectivity index (χ3n) is 1.46. The number of hydrogen-bond donors (Lipinski definition) is 5. The smallest absolute Gasteiger partial charge is 0.320 e. The number of carboxylic acid groups (broad SMARTS) is 1. The van der Waals surface area contributed by atoms with Crippen LogP contribution >= 0.6 is 0 Å². The maximum atomic E-state index is 10.1. The van der Waals surface area contributed by atoms with Gasteiger partial charge in [0.15, 0.2) is 0 Å². The van der Waals surface area contributed by atoms with Crippen LogP contribution in [0.3, 0.4) is 0 Å². The van der Waals surface area contributed by atoms with E-state index in [9.17, 15) is 4.79 Å². The lowest BCUT2D eigenvalue weighted by Crippen LogP contribution is -2.31. The van der Waals surface area contributed by atoms with Gasteiger partial charge in [-0.15, -0.1) is 0 Å². The van der Waals surface area contributed by atoms with Crippen molar-refractivity contribution in [2.45, 2.75) is 32.4 Å². The highest BCUT2D eigenvalue weighted by molar-refractivity contribution is 5.72. The third-order valence-corrected chi connectivity index (χ3v) is 1.46. The molecule has 92 valence electrons. The van der Waals surface area contributed by atoms with Crippen LogP contribution in [-0.4, -0.2) is 51.8 Å². The van der Waals surface area contributed by atoms with Gasteiger partial charge < -0.3 is 26.2 Å². The van der Waals surface area contributed by atoms with E-state index in [1.54, 1.807) is 0 Å². The highest BCUT2D eigenvalue weighted by atomic mass is 16.4. The zero-order valence-corrected chi connectivity index (χ0v) is 9.13. The summed E-state index contributed by atoms with van der Waals surface area (Å²) >= 11 is 0. The summed E-state index contributed by atoms with van der Waals surface area (Å²) in [7, 11) is 0. The van der Waals surface area contributed by atoms with E-state index >= 15 is 0 Å². The summed E-state index contributed by atoms with van der Waals surface area (Å²) in [6, 6.07) is -0.690. The summed E-state index contributed by atoms with van der Waals surface area (Å²) in [4.78, 5) is 10.1. The summed E-state index contributed by atoms with van der Waals surface area (Å²) in [6.07, 6.45) is -0.403. The standard InChI is InChI=1S/C6H13NO2.C3H8O3/c1-4(2)3-5(7)6(8)9;4-1-3(6)2-5/h4-5H,3,7H2,1-2H3,(H,8,9);3-6H,1-2H2/t5-;/m0./s1. The van der Waals surface area contributed by atoms with Gasteiger partial charge in [-0.2, -0.15) is 0 Å². The molecule has 0 spiro atoms.